The molecule has 2 aromatic heterocycles. The lowest BCUT2D eigenvalue weighted by atomic mass is 9.84. The number of sulfonamides is 1. The molecule has 0 bridgehead atoms. The lowest BCUT2D eigenvalue weighted by Crippen LogP contribution is -2.55. The van der Waals surface area contributed by atoms with E-state index < -0.39 is 32.3 Å². The number of hydrogen-bond donors (Lipinski definition) is 3. The third-order valence-electron chi connectivity index (χ3n) is 8.37. The molecule has 0 spiro atoms. The molecule has 6 rings (SSSR count). The first kappa shape index (κ1) is 29.5. The molecule has 1 aliphatic carbocycles. The zero-order valence-electron chi connectivity index (χ0n) is 23.8. The number of carboxylic acid groups (broad SMARTS) is 1. The normalized spacial score (nSPS) is 16.0. The molecule has 0 atom stereocenters. The summed E-state index contributed by atoms with van der Waals surface area (Å²) < 4.78 is 40.6. The smallest absolute Gasteiger partial charge is 0.355 e. The number of aliphatic hydroxyl groups is 1. The number of thiazole rings is 1. The van der Waals surface area contributed by atoms with E-state index in [1.54, 1.807) is 6.07 Å². The second kappa shape index (κ2) is 10.8. The van der Waals surface area contributed by atoms with Crippen molar-refractivity contribution in [1.29, 1.82) is 0 Å². The average molecular weight is 625 g/mol. The summed E-state index contributed by atoms with van der Waals surface area (Å²) >= 11 is 1.27. The van der Waals surface area contributed by atoms with Crippen molar-refractivity contribution in [3.05, 3.63) is 76.7 Å². The number of aromatic nitrogens is 2. The molecule has 1 aliphatic heterocycles. The van der Waals surface area contributed by atoms with Crippen LogP contribution in [0.2, 0.25) is 0 Å². The van der Waals surface area contributed by atoms with Gasteiger partial charge in [0.05, 0.1) is 5.60 Å². The van der Waals surface area contributed by atoms with Gasteiger partial charge < -0.3 is 19.7 Å². The van der Waals surface area contributed by atoms with Crippen molar-refractivity contribution in [2.75, 3.05) is 18.0 Å². The molecule has 2 fully saturated rings. The molecule has 43 heavy (non-hydrogen) atoms. The first-order valence-corrected chi connectivity index (χ1v) is 16.5. The van der Waals surface area contributed by atoms with Crippen LogP contribution in [-0.4, -0.2) is 52.8 Å². The maximum Gasteiger partial charge on any atom is 0.355 e. The molecule has 4 N–H and O–H groups in total. The molecule has 1 saturated heterocycles. The van der Waals surface area contributed by atoms with E-state index in [-0.39, 0.29) is 18.2 Å². The van der Waals surface area contributed by atoms with Gasteiger partial charge in [0, 0.05) is 59.1 Å². The highest BCUT2D eigenvalue weighted by Gasteiger charge is 2.37. The van der Waals surface area contributed by atoms with Crippen LogP contribution in [0.15, 0.2) is 58.8 Å². The van der Waals surface area contributed by atoms with Gasteiger partial charge in [-0.2, -0.15) is 0 Å². The fraction of sp³-hybridized carbons (Fsp3) is 0.355. The largest absolute Gasteiger partial charge is 0.476 e. The van der Waals surface area contributed by atoms with E-state index in [0.717, 1.165) is 60.6 Å². The number of halogens is 1. The summed E-state index contributed by atoms with van der Waals surface area (Å²) in [6, 6.07) is 14.1. The van der Waals surface area contributed by atoms with Gasteiger partial charge in [-0.3, -0.25) is 0 Å². The number of primary sulfonamides is 1. The topological polar surface area (TPSA) is 139 Å². The highest BCUT2D eigenvalue weighted by molar-refractivity contribution is 7.89. The average Bonchev–Trinajstić information content (AvgIpc) is 3.44. The van der Waals surface area contributed by atoms with E-state index in [4.69, 9.17) is 5.14 Å². The maximum atomic E-state index is 14.9. The summed E-state index contributed by atoms with van der Waals surface area (Å²) in [4.78, 5) is 17.7. The monoisotopic (exact) mass is 624 g/mol. The standard InChI is InChI=1S/C31H33FN4O5S2/c1-31(2,39)21-15-35(16-21)22-5-3-4-20(12-22)26-13-23(29-34-25(17-42-29)30(37)38)27(11-18-6-7-18)36(26)14-19-8-9-28(24(32)10-19)43(33,40)41/h3-5,8-10,12-13,17-18,21,39H,6-7,11,14-16H2,1-2H3,(H,37,38)(H2,33,40,41). The van der Waals surface area contributed by atoms with Gasteiger partial charge in [0.1, 0.15) is 15.7 Å². The fourth-order valence-electron chi connectivity index (χ4n) is 5.56. The first-order valence-electron chi connectivity index (χ1n) is 14.1. The number of aromatic carboxylic acids is 1. The van der Waals surface area contributed by atoms with Crippen LogP contribution in [0.5, 0.6) is 0 Å². The molecule has 1 saturated carbocycles. The quantitative estimate of drug-likeness (QED) is 0.226. The summed E-state index contributed by atoms with van der Waals surface area (Å²) in [5.74, 6) is -1.36. The minimum Gasteiger partial charge on any atom is -0.476 e. The van der Waals surface area contributed by atoms with Crippen LogP contribution in [0.1, 0.15) is 48.4 Å². The zero-order chi connectivity index (χ0) is 30.7. The Morgan fingerprint density at radius 2 is 1.91 bits per heavy atom. The predicted molar refractivity (Wildman–Crippen MR) is 163 cm³/mol. The Morgan fingerprint density at radius 3 is 2.51 bits per heavy atom. The molecule has 4 aromatic rings. The number of carboxylic acids is 1. The minimum absolute atomic E-state index is 0.0199. The molecule has 0 radical (unpaired) electrons. The fourth-order valence-corrected chi connectivity index (χ4v) is 6.98. The van der Waals surface area contributed by atoms with Crippen molar-refractivity contribution < 1.29 is 27.8 Å². The number of nitrogens with two attached hydrogens (primary N) is 1. The van der Waals surface area contributed by atoms with Gasteiger partial charge in [-0.15, -0.1) is 11.3 Å². The Balaban J connectivity index is 1.46. The van der Waals surface area contributed by atoms with E-state index in [1.165, 1.54) is 28.8 Å². The Bertz CT molecular complexity index is 1820. The molecule has 2 aromatic carbocycles. The second-order valence-electron chi connectivity index (χ2n) is 12.1. The molecule has 0 unspecified atom stereocenters. The summed E-state index contributed by atoms with van der Waals surface area (Å²) in [6.45, 7) is 5.38. The summed E-state index contributed by atoms with van der Waals surface area (Å²) in [5, 5.41) is 27.2. The van der Waals surface area contributed by atoms with Crippen LogP contribution in [0.4, 0.5) is 10.1 Å². The lowest BCUT2D eigenvalue weighted by Gasteiger charge is -2.46. The van der Waals surface area contributed by atoms with Crippen molar-refractivity contribution in [1.82, 2.24) is 9.55 Å². The highest BCUT2D eigenvalue weighted by Crippen LogP contribution is 2.42. The van der Waals surface area contributed by atoms with Crippen LogP contribution < -0.4 is 10.0 Å². The van der Waals surface area contributed by atoms with Crippen molar-refractivity contribution in [3.63, 3.8) is 0 Å². The Kier molecular flexibility index (Phi) is 7.44. The predicted octanol–water partition coefficient (Wildman–Crippen LogP) is 4.97. The zero-order valence-corrected chi connectivity index (χ0v) is 25.5. The minimum atomic E-state index is -4.21. The Morgan fingerprint density at radius 1 is 1.16 bits per heavy atom. The maximum absolute atomic E-state index is 14.9. The molecule has 2 aliphatic rings. The van der Waals surface area contributed by atoms with Crippen LogP contribution in [-0.2, 0) is 23.0 Å². The van der Waals surface area contributed by atoms with Crippen LogP contribution in [0, 0.1) is 17.7 Å². The van der Waals surface area contributed by atoms with Gasteiger partial charge in [-0.25, -0.2) is 27.7 Å². The molecule has 226 valence electrons. The van der Waals surface area contributed by atoms with E-state index in [9.17, 15) is 27.8 Å². The van der Waals surface area contributed by atoms with Crippen LogP contribution in [0.3, 0.4) is 0 Å². The van der Waals surface area contributed by atoms with Gasteiger partial charge in [-0.1, -0.05) is 18.2 Å². The van der Waals surface area contributed by atoms with E-state index in [1.807, 2.05) is 38.1 Å². The van der Waals surface area contributed by atoms with Gasteiger partial charge in [-0.05, 0) is 74.9 Å². The lowest BCUT2D eigenvalue weighted by molar-refractivity contribution is 0.00459. The van der Waals surface area contributed by atoms with Crippen LogP contribution >= 0.6 is 11.3 Å². The van der Waals surface area contributed by atoms with Crippen molar-refractivity contribution in [2.24, 2.45) is 17.0 Å². The van der Waals surface area contributed by atoms with Crippen LogP contribution in [0.25, 0.3) is 21.8 Å². The summed E-state index contributed by atoms with van der Waals surface area (Å²) in [7, 11) is -4.21. The number of nitrogens with zero attached hydrogens (tertiary/aromatic N) is 3. The Hall–Kier alpha value is -3.58. The van der Waals surface area contributed by atoms with Crippen molar-refractivity contribution >= 4 is 33.0 Å². The molecule has 0 amide bonds. The molecule has 9 nitrogen and oxygen atoms in total. The van der Waals surface area contributed by atoms with Crippen molar-refractivity contribution in [3.8, 4) is 21.8 Å². The van der Waals surface area contributed by atoms with Gasteiger partial charge in [0.2, 0.25) is 10.0 Å². The molecular formula is C31H33FN4O5S2. The van der Waals surface area contributed by atoms with E-state index in [2.05, 4.69) is 20.5 Å². The number of hydrogen-bond acceptors (Lipinski definition) is 7. The third-order valence-corrected chi connectivity index (χ3v) is 10.2. The number of anilines is 1. The number of benzene rings is 2. The third kappa shape index (κ3) is 6.10. The summed E-state index contributed by atoms with van der Waals surface area (Å²) in [5.41, 5.74) is 4.37. The number of rotatable bonds is 10. The summed E-state index contributed by atoms with van der Waals surface area (Å²) in [6.07, 6.45) is 2.92. The van der Waals surface area contributed by atoms with E-state index in [0.29, 0.717) is 16.5 Å². The molecular weight excluding hydrogens is 591 g/mol. The first-order chi connectivity index (χ1) is 20.3. The second-order valence-corrected chi connectivity index (χ2v) is 14.5. The van der Waals surface area contributed by atoms with Gasteiger partial charge in [0.25, 0.3) is 0 Å². The Labute approximate surface area is 253 Å². The van der Waals surface area contributed by atoms with Crippen molar-refractivity contribution in [2.45, 2.75) is 50.2 Å². The SMILES string of the molecule is CC(C)(O)C1CN(c2cccc(-c3cc(-c4nc(C(=O)O)cs4)c(CC4CC4)n3Cc3ccc(S(N)(=O)=O)c(F)c3)c2)C1. The van der Waals surface area contributed by atoms with Gasteiger partial charge >= 0.3 is 5.97 Å². The molecule has 12 heteroatoms. The van der Waals surface area contributed by atoms with Gasteiger partial charge in [0.15, 0.2) is 5.69 Å². The van der Waals surface area contributed by atoms with E-state index >= 15 is 0 Å². The molecule has 3 heterocycles. The highest BCUT2D eigenvalue weighted by atomic mass is 32.2. The number of carbonyl (C=O) groups is 1.